The number of anilines is 2. The molecular formula is C36H37ClF3N7O3S. The van der Waals surface area contributed by atoms with Gasteiger partial charge in [-0.25, -0.2) is 13.2 Å². The number of nitriles is 1. The maximum absolute atomic E-state index is 17.4. The summed E-state index contributed by atoms with van der Waals surface area (Å²) in [4.78, 5) is 28.9. The average Bonchev–Trinajstić information content (AvgIpc) is 3.68. The van der Waals surface area contributed by atoms with E-state index >= 15 is 8.78 Å². The third-order valence-electron chi connectivity index (χ3n) is 11.0. The lowest BCUT2D eigenvalue weighted by atomic mass is 9.95. The van der Waals surface area contributed by atoms with Crippen molar-refractivity contribution in [2.45, 2.75) is 69.7 Å². The fraction of sp³-hybridized carbons (Fsp3) is 0.500. The summed E-state index contributed by atoms with van der Waals surface area (Å²) in [5, 5.41) is 10.3. The summed E-state index contributed by atoms with van der Waals surface area (Å²) < 4.78 is 59.9. The molecule has 8 rings (SSSR count). The van der Waals surface area contributed by atoms with Gasteiger partial charge in [0, 0.05) is 43.5 Å². The number of carbonyl (C=O) groups is 1. The van der Waals surface area contributed by atoms with Gasteiger partial charge in [-0.15, -0.1) is 11.3 Å². The van der Waals surface area contributed by atoms with E-state index in [0.29, 0.717) is 25.3 Å². The van der Waals surface area contributed by atoms with Gasteiger partial charge in [-0.05, 0) is 43.4 Å². The first-order valence-corrected chi connectivity index (χ1v) is 18.4. The molecule has 0 saturated carbocycles. The first-order chi connectivity index (χ1) is 24.4. The van der Waals surface area contributed by atoms with Crippen molar-refractivity contribution in [2.24, 2.45) is 5.92 Å². The van der Waals surface area contributed by atoms with Crippen LogP contribution >= 0.6 is 22.9 Å². The van der Waals surface area contributed by atoms with Crippen LogP contribution in [0.15, 0.2) is 12.1 Å². The topological polar surface area (TPSA) is 121 Å². The molecule has 10 nitrogen and oxygen atoms in total. The largest absolute Gasteiger partial charge is 0.489 e. The van der Waals surface area contributed by atoms with Crippen LogP contribution in [0.4, 0.5) is 24.0 Å². The molecule has 1 amide bonds. The number of hydrogen-bond acceptors (Lipinski definition) is 10. The molecule has 2 aromatic carbocycles. The highest BCUT2D eigenvalue weighted by molar-refractivity contribution is 7.23. The first kappa shape index (κ1) is 34.0. The number of nitrogens with zero attached hydrogens (tertiary/aromatic N) is 6. The van der Waals surface area contributed by atoms with Crippen LogP contribution in [0, 0.1) is 28.9 Å². The monoisotopic (exact) mass is 739 g/mol. The van der Waals surface area contributed by atoms with Crippen molar-refractivity contribution in [3.05, 3.63) is 34.4 Å². The number of fused-ring (bicyclic) bond motifs is 4. The summed E-state index contributed by atoms with van der Waals surface area (Å²) in [6, 6.07) is 3.81. The van der Waals surface area contributed by atoms with Crippen molar-refractivity contribution in [1.29, 1.82) is 5.26 Å². The van der Waals surface area contributed by atoms with Crippen LogP contribution in [0.3, 0.4) is 0 Å². The number of amides is 1. The Morgan fingerprint density at radius 1 is 1.25 bits per heavy atom. The summed E-state index contributed by atoms with van der Waals surface area (Å²) in [5.41, 5.74) is 5.47. The number of alkyl halides is 1. The summed E-state index contributed by atoms with van der Waals surface area (Å²) in [7, 11) is 1.80. The van der Waals surface area contributed by atoms with Crippen LogP contribution in [-0.2, 0) is 4.79 Å². The smallest absolute Gasteiger partial charge is 0.319 e. The standard InChI is InChI=1S/C36H37ClF3N7O3S/c1-17(2)9-19-14-47-20(10-24(48)45(19)3)15-49-31-27-30(43-35(44-34(27)47)50-16-36-7-4-8-46(36)13-18(38)11-36)29(40)26(28(31)37)21-5-6-23(39)32-25(21)22(12-41)33(42)51-32/h5-6,17-20H,4,7-11,13-16,42H2,1-3H3/t18-,19?,20?,36+/m1/s1. The lowest BCUT2D eigenvalue weighted by Gasteiger charge is -2.33. The molecule has 268 valence electrons. The normalized spacial score (nSPS) is 24.8. The van der Waals surface area contributed by atoms with Crippen LogP contribution in [0.1, 0.15) is 51.5 Å². The molecule has 3 saturated heterocycles. The Balaban J connectivity index is 1.35. The Bertz CT molecular complexity index is 2140. The molecule has 0 radical (unpaired) electrons. The predicted molar refractivity (Wildman–Crippen MR) is 190 cm³/mol. The third kappa shape index (κ3) is 5.42. The van der Waals surface area contributed by atoms with Crippen LogP contribution in [0.5, 0.6) is 11.8 Å². The summed E-state index contributed by atoms with van der Waals surface area (Å²) in [6.07, 6.45) is 1.85. The summed E-state index contributed by atoms with van der Waals surface area (Å²) >= 11 is 7.99. The Labute approximate surface area is 301 Å². The molecule has 0 spiro atoms. The first-order valence-electron chi connectivity index (χ1n) is 17.2. The molecule has 3 fully saturated rings. The fourth-order valence-electron chi connectivity index (χ4n) is 8.56. The van der Waals surface area contributed by atoms with Crippen molar-refractivity contribution in [2.75, 3.05) is 50.5 Å². The van der Waals surface area contributed by atoms with Gasteiger partial charge in [0.05, 0.1) is 38.7 Å². The van der Waals surface area contributed by atoms with E-state index in [-0.39, 0.29) is 97.0 Å². The second-order valence-electron chi connectivity index (χ2n) is 14.6. The van der Waals surface area contributed by atoms with Crippen molar-refractivity contribution in [3.8, 4) is 29.0 Å². The number of aromatic nitrogens is 2. The third-order valence-corrected chi connectivity index (χ3v) is 12.4. The number of rotatable bonds is 6. The average molecular weight is 740 g/mol. The number of ether oxygens (including phenoxy) is 2. The van der Waals surface area contributed by atoms with Gasteiger partial charge in [0.1, 0.15) is 47.6 Å². The van der Waals surface area contributed by atoms with E-state index in [9.17, 15) is 14.4 Å². The van der Waals surface area contributed by atoms with E-state index < -0.39 is 29.4 Å². The minimum Gasteiger partial charge on any atom is -0.489 e. The van der Waals surface area contributed by atoms with Crippen molar-refractivity contribution in [3.63, 3.8) is 0 Å². The molecule has 4 aliphatic rings. The highest BCUT2D eigenvalue weighted by Gasteiger charge is 2.49. The van der Waals surface area contributed by atoms with E-state index in [1.807, 2.05) is 11.0 Å². The van der Waals surface area contributed by atoms with Gasteiger partial charge in [-0.2, -0.15) is 15.2 Å². The SMILES string of the molecule is CC(C)CC1CN2c3nc(OC[C@@]45CCCN4C[C@H](F)C5)nc4c(F)c(-c5ccc(F)c6sc(N)c(C#N)c56)c(Cl)c(c34)OCC2CC(=O)N1C. The number of carbonyl (C=O) groups excluding carboxylic acids is 1. The van der Waals surface area contributed by atoms with E-state index in [1.54, 1.807) is 11.9 Å². The number of likely N-dealkylation sites (N-methyl/N-ethyl adjacent to an activating group) is 1. The molecule has 4 aliphatic heterocycles. The zero-order valence-electron chi connectivity index (χ0n) is 28.4. The Kier molecular flexibility index (Phi) is 8.39. The predicted octanol–water partition coefficient (Wildman–Crippen LogP) is 6.70. The number of nitrogens with two attached hydrogens (primary N) is 1. The number of benzene rings is 2. The maximum Gasteiger partial charge on any atom is 0.319 e. The molecule has 2 N–H and O–H groups in total. The molecule has 15 heteroatoms. The minimum absolute atomic E-state index is 0.00885. The molecule has 4 atom stereocenters. The maximum atomic E-state index is 17.4. The number of thiophene rings is 1. The van der Waals surface area contributed by atoms with Gasteiger partial charge < -0.3 is 25.0 Å². The minimum atomic E-state index is -0.972. The highest BCUT2D eigenvalue weighted by atomic mass is 35.5. The zero-order chi connectivity index (χ0) is 35.9. The van der Waals surface area contributed by atoms with Gasteiger partial charge in [-0.1, -0.05) is 31.5 Å². The fourth-order valence-corrected chi connectivity index (χ4v) is 9.84. The van der Waals surface area contributed by atoms with E-state index in [0.717, 1.165) is 37.1 Å². The molecule has 2 unspecified atom stereocenters. The molecule has 2 aromatic heterocycles. The highest BCUT2D eigenvalue weighted by Crippen LogP contribution is 2.51. The lowest BCUT2D eigenvalue weighted by Crippen LogP contribution is -2.44. The van der Waals surface area contributed by atoms with E-state index in [1.165, 1.54) is 12.1 Å². The lowest BCUT2D eigenvalue weighted by molar-refractivity contribution is -0.131. The Morgan fingerprint density at radius 2 is 2.06 bits per heavy atom. The molecule has 51 heavy (non-hydrogen) atoms. The molecule has 6 heterocycles. The van der Waals surface area contributed by atoms with Crippen LogP contribution < -0.4 is 20.1 Å². The van der Waals surface area contributed by atoms with Gasteiger partial charge in [0.2, 0.25) is 5.91 Å². The number of halogens is 4. The Hall–Kier alpha value is -4.06. The molecule has 4 aromatic rings. The summed E-state index contributed by atoms with van der Waals surface area (Å²) in [6.45, 7) is 5.82. The van der Waals surface area contributed by atoms with Gasteiger partial charge >= 0.3 is 6.01 Å². The van der Waals surface area contributed by atoms with Crippen LogP contribution in [0.25, 0.3) is 32.1 Å². The van der Waals surface area contributed by atoms with E-state index in [4.69, 9.17) is 31.8 Å². The van der Waals surface area contributed by atoms with E-state index in [2.05, 4.69) is 23.7 Å². The quantitative estimate of drug-likeness (QED) is 0.231. The van der Waals surface area contributed by atoms with Gasteiger partial charge in [0.25, 0.3) is 0 Å². The van der Waals surface area contributed by atoms with Crippen molar-refractivity contribution in [1.82, 2.24) is 19.8 Å². The van der Waals surface area contributed by atoms with Crippen LogP contribution in [0.2, 0.25) is 5.02 Å². The van der Waals surface area contributed by atoms with Gasteiger partial charge in [-0.3, -0.25) is 9.69 Å². The second-order valence-corrected chi connectivity index (χ2v) is 16.0. The summed E-state index contributed by atoms with van der Waals surface area (Å²) in [5.74, 6) is -0.808. The zero-order valence-corrected chi connectivity index (χ0v) is 30.0. The molecular weight excluding hydrogens is 703 g/mol. The van der Waals surface area contributed by atoms with Crippen molar-refractivity contribution < 1.29 is 27.4 Å². The van der Waals surface area contributed by atoms with Crippen LogP contribution in [-0.4, -0.2) is 89.4 Å². The molecule has 0 aliphatic carbocycles. The number of nitrogen functional groups attached to an aromatic ring is 1. The van der Waals surface area contributed by atoms with Crippen molar-refractivity contribution >= 4 is 60.7 Å². The number of hydrogen-bond donors (Lipinski definition) is 1. The van der Waals surface area contributed by atoms with Gasteiger partial charge in [0.15, 0.2) is 11.6 Å². The second kappa shape index (κ2) is 12.6. The molecule has 0 bridgehead atoms. The Morgan fingerprint density at radius 3 is 2.82 bits per heavy atom.